The molecule has 1 unspecified atom stereocenters. The van der Waals surface area contributed by atoms with Crippen molar-refractivity contribution in [3.05, 3.63) is 63.4 Å². The van der Waals surface area contributed by atoms with E-state index in [1.807, 2.05) is 19.1 Å². The third kappa shape index (κ3) is 2.96. The molecule has 2 nitrogen and oxygen atoms in total. The summed E-state index contributed by atoms with van der Waals surface area (Å²) < 4.78 is 19.9. The molecule has 4 heteroatoms. The van der Waals surface area contributed by atoms with Crippen LogP contribution in [-0.4, -0.2) is 12.2 Å². The summed E-state index contributed by atoms with van der Waals surface area (Å²) >= 11 is 3.37. The van der Waals surface area contributed by atoms with Crippen molar-refractivity contribution in [1.29, 1.82) is 0 Å². The van der Waals surface area contributed by atoms with Crippen molar-refractivity contribution in [2.45, 2.75) is 13.0 Å². The second kappa shape index (κ2) is 5.72. The fourth-order valence-corrected chi connectivity index (χ4v) is 2.62. The molecule has 1 atom stereocenters. The summed E-state index contributed by atoms with van der Waals surface area (Å²) in [5, 5.41) is 10.3. The number of aryl methyl sites for hydroxylation is 1. The molecule has 100 valence electrons. The smallest absolute Gasteiger partial charge is 0.171 e. The predicted molar refractivity (Wildman–Crippen MR) is 75.9 cm³/mol. The SMILES string of the molecule is COc1cccc(C(O)c2cc(C)cc(Br)c2)c1F. The zero-order chi connectivity index (χ0) is 14.0. The molecule has 0 spiro atoms. The van der Waals surface area contributed by atoms with Crippen LogP contribution in [0.2, 0.25) is 0 Å². The number of benzene rings is 2. The van der Waals surface area contributed by atoms with Crippen LogP contribution in [0.25, 0.3) is 0 Å². The second-order valence-corrected chi connectivity index (χ2v) is 5.24. The van der Waals surface area contributed by atoms with Crippen molar-refractivity contribution >= 4 is 15.9 Å². The average Bonchev–Trinajstić information content (AvgIpc) is 2.37. The van der Waals surface area contributed by atoms with Crippen LogP contribution < -0.4 is 4.74 Å². The molecule has 2 aromatic carbocycles. The molecule has 2 aromatic rings. The van der Waals surface area contributed by atoms with E-state index in [2.05, 4.69) is 15.9 Å². The number of hydrogen-bond acceptors (Lipinski definition) is 2. The highest BCUT2D eigenvalue weighted by Gasteiger charge is 2.18. The van der Waals surface area contributed by atoms with E-state index in [9.17, 15) is 9.50 Å². The lowest BCUT2D eigenvalue weighted by Gasteiger charge is -2.15. The van der Waals surface area contributed by atoms with E-state index in [0.717, 1.165) is 10.0 Å². The van der Waals surface area contributed by atoms with Gasteiger partial charge in [0.25, 0.3) is 0 Å². The molecule has 0 heterocycles. The van der Waals surface area contributed by atoms with E-state index >= 15 is 0 Å². The van der Waals surface area contributed by atoms with Gasteiger partial charge < -0.3 is 9.84 Å². The second-order valence-electron chi connectivity index (χ2n) is 4.33. The number of hydrogen-bond donors (Lipinski definition) is 1. The fourth-order valence-electron chi connectivity index (χ4n) is 2.00. The maximum Gasteiger partial charge on any atom is 0.171 e. The van der Waals surface area contributed by atoms with Gasteiger partial charge in [-0.3, -0.25) is 0 Å². The highest BCUT2D eigenvalue weighted by atomic mass is 79.9. The van der Waals surface area contributed by atoms with Gasteiger partial charge in [0.1, 0.15) is 6.10 Å². The van der Waals surface area contributed by atoms with Crippen molar-refractivity contribution in [3.63, 3.8) is 0 Å². The number of ether oxygens (including phenoxy) is 1. The molecule has 0 amide bonds. The van der Waals surface area contributed by atoms with Gasteiger partial charge in [0.15, 0.2) is 11.6 Å². The maximum atomic E-state index is 14.1. The first-order chi connectivity index (χ1) is 9.02. The zero-order valence-electron chi connectivity index (χ0n) is 10.7. The van der Waals surface area contributed by atoms with Crippen LogP contribution in [-0.2, 0) is 0 Å². The van der Waals surface area contributed by atoms with Gasteiger partial charge in [-0.15, -0.1) is 0 Å². The van der Waals surface area contributed by atoms with Crippen LogP contribution in [0.4, 0.5) is 4.39 Å². The van der Waals surface area contributed by atoms with Crippen LogP contribution in [0.5, 0.6) is 5.75 Å². The van der Waals surface area contributed by atoms with Crippen molar-refractivity contribution in [2.75, 3.05) is 7.11 Å². The molecule has 0 radical (unpaired) electrons. The van der Waals surface area contributed by atoms with Gasteiger partial charge in [0.2, 0.25) is 0 Å². The minimum Gasteiger partial charge on any atom is -0.494 e. The predicted octanol–water partition coefficient (Wildman–Crippen LogP) is 3.99. The number of halogens is 2. The van der Waals surface area contributed by atoms with E-state index in [4.69, 9.17) is 4.74 Å². The molecule has 0 bridgehead atoms. The monoisotopic (exact) mass is 324 g/mol. The summed E-state index contributed by atoms with van der Waals surface area (Å²) in [5.41, 5.74) is 1.84. The van der Waals surface area contributed by atoms with Gasteiger partial charge in [-0.1, -0.05) is 34.1 Å². The number of aliphatic hydroxyl groups excluding tert-OH is 1. The topological polar surface area (TPSA) is 29.5 Å². The van der Waals surface area contributed by atoms with E-state index in [-0.39, 0.29) is 11.3 Å². The van der Waals surface area contributed by atoms with E-state index < -0.39 is 11.9 Å². The lowest BCUT2D eigenvalue weighted by molar-refractivity contribution is 0.213. The normalized spacial score (nSPS) is 12.3. The Kier molecular flexibility index (Phi) is 4.22. The third-order valence-corrected chi connectivity index (χ3v) is 3.35. The first-order valence-corrected chi connectivity index (χ1v) is 6.59. The van der Waals surface area contributed by atoms with Crippen molar-refractivity contribution in [1.82, 2.24) is 0 Å². The summed E-state index contributed by atoms with van der Waals surface area (Å²) in [6, 6.07) is 10.3. The summed E-state index contributed by atoms with van der Waals surface area (Å²) in [6.45, 7) is 1.92. The van der Waals surface area contributed by atoms with Crippen LogP contribution in [0.15, 0.2) is 40.9 Å². The first kappa shape index (κ1) is 14.0. The molecule has 0 fully saturated rings. The summed E-state index contributed by atoms with van der Waals surface area (Å²) in [4.78, 5) is 0. The molecule has 0 aromatic heterocycles. The van der Waals surface area contributed by atoms with Crippen molar-refractivity contribution in [3.8, 4) is 5.75 Å². The van der Waals surface area contributed by atoms with Gasteiger partial charge in [0, 0.05) is 10.0 Å². The highest BCUT2D eigenvalue weighted by Crippen LogP contribution is 2.30. The minimum absolute atomic E-state index is 0.128. The van der Waals surface area contributed by atoms with Gasteiger partial charge in [-0.25, -0.2) is 4.39 Å². The largest absolute Gasteiger partial charge is 0.494 e. The van der Waals surface area contributed by atoms with Crippen molar-refractivity contribution in [2.24, 2.45) is 0 Å². The Bertz CT molecular complexity index is 578. The van der Waals surface area contributed by atoms with Gasteiger partial charge in [-0.05, 0) is 36.2 Å². The van der Waals surface area contributed by atoms with Gasteiger partial charge >= 0.3 is 0 Å². The van der Waals surface area contributed by atoms with Crippen molar-refractivity contribution < 1.29 is 14.2 Å². The molecule has 0 aliphatic rings. The molecular weight excluding hydrogens is 311 g/mol. The van der Waals surface area contributed by atoms with Gasteiger partial charge in [0.05, 0.1) is 7.11 Å². The quantitative estimate of drug-likeness (QED) is 0.925. The Hall–Kier alpha value is -1.39. The summed E-state index contributed by atoms with van der Waals surface area (Å²) in [7, 11) is 1.40. The Morgan fingerprint density at radius 3 is 2.63 bits per heavy atom. The maximum absolute atomic E-state index is 14.1. The molecule has 0 saturated heterocycles. The molecule has 0 saturated carbocycles. The summed E-state index contributed by atoms with van der Waals surface area (Å²) in [5.74, 6) is -0.404. The molecule has 2 rings (SSSR count). The standard InChI is InChI=1S/C15H14BrFO2/c1-9-6-10(8-11(16)7-9)15(18)12-4-3-5-13(19-2)14(12)17/h3-8,15,18H,1-2H3. The highest BCUT2D eigenvalue weighted by molar-refractivity contribution is 9.10. The third-order valence-electron chi connectivity index (χ3n) is 2.89. The first-order valence-electron chi connectivity index (χ1n) is 5.80. The van der Waals surface area contributed by atoms with Crippen LogP contribution in [0, 0.1) is 12.7 Å². The van der Waals surface area contributed by atoms with Crippen LogP contribution in [0.3, 0.4) is 0 Å². The minimum atomic E-state index is -1.02. The van der Waals surface area contributed by atoms with E-state index in [1.165, 1.54) is 13.2 Å². The lowest BCUT2D eigenvalue weighted by atomic mass is 9.99. The van der Waals surface area contributed by atoms with Crippen LogP contribution in [0.1, 0.15) is 22.8 Å². The number of aliphatic hydroxyl groups is 1. The Labute approximate surface area is 120 Å². The Morgan fingerprint density at radius 2 is 2.00 bits per heavy atom. The summed E-state index contributed by atoms with van der Waals surface area (Å²) in [6.07, 6.45) is -1.02. The Balaban J connectivity index is 2.46. The van der Waals surface area contributed by atoms with Crippen LogP contribution >= 0.6 is 15.9 Å². The number of methoxy groups -OCH3 is 1. The Morgan fingerprint density at radius 1 is 1.26 bits per heavy atom. The fraction of sp³-hybridized carbons (Fsp3) is 0.200. The van der Waals surface area contributed by atoms with E-state index in [1.54, 1.807) is 18.2 Å². The average molecular weight is 325 g/mol. The molecule has 0 aliphatic carbocycles. The van der Waals surface area contributed by atoms with E-state index in [0.29, 0.717) is 5.56 Å². The van der Waals surface area contributed by atoms with Gasteiger partial charge in [-0.2, -0.15) is 0 Å². The molecular formula is C15H14BrFO2. The lowest BCUT2D eigenvalue weighted by Crippen LogP contribution is -2.04. The zero-order valence-corrected chi connectivity index (χ0v) is 12.2. The molecule has 19 heavy (non-hydrogen) atoms. The molecule has 1 N–H and O–H groups in total. The molecule has 0 aliphatic heterocycles. The number of rotatable bonds is 3.